The zero-order valence-corrected chi connectivity index (χ0v) is 18.8. The zero-order chi connectivity index (χ0) is 24.1. The van der Waals surface area contributed by atoms with Gasteiger partial charge in [-0.3, -0.25) is 9.59 Å². The van der Waals surface area contributed by atoms with Crippen molar-refractivity contribution in [3.63, 3.8) is 0 Å². The summed E-state index contributed by atoms with van der Waals surface area (Å²) in [6, 6.07) is 16.6. The molecule has 2 heterocycles. The SMILES string of the molecule is Cc1ccc(C(=O)c2c(C(=O)c3cc(C)ccc3O)oc3c2c(=O)oc2ccc(C)cc23)cc1. The maximum absolute atomic E-state index is 13.6. The van der Waals surface area contributed by atoms with E-state index in [2.05, 4.69) is 0 Å². The fourth-order valence-electron chi connectivity index (χ4n) is 4.06. The Labute approximate surface area is 194 Å². The summed E-state index contributed by atoms with van der Waals surface area (Å²) in [7, 11) is 0. The molecule has 3 aromatic carbocycles. The molecule has 0 unspecified atom stereocenters. The molecule has 0 amide bonds. The van der Waals surface area contributed by atoms with Crippen LogP contribution in [0, 0.1) is 20.8 Å². The molecule has 0 saturated carbocycles. The lowest BCUT2D eigenvalue weighted by molar-refractivity contribution is 0.0984. The van der Waals surface area contributed by atoms with Crippen LogP contribution in [0.2, 0.25) is 0 Å². The average molecular weight is 452 g/mol. The van der Waals surface area contributed by atoms with Crippen molar-refractivity contribution in [1.29, 1.82) is 0 Å². The van der Waals surface area contributed by atoms with Gasteiger partial charge in [0.1, 0.15) is 16.7 Å². The molecule has 0 aliphatic carbocycles. The van der Waals surface area contributed by atoms with Crippen LogP contribution in [-0.4, -0.2) is 16.7 Å². The van der Waals surface area contributed by atoms with Crippen LogP contribution in [0.15, 0.2) is 74.3 Å². The van der Waals surface area contributed by atoms with E-state index in [4.69, 9.17) is 8.83 Å². The Bertz CT molecular complexity index is 1680. The van der Waals surface area contributed by atoms with Crippen molar-refractivity contribution in [2.75, 3.05) is 0 Å². The molecule has 6 nitrogen and oxygen atoms in total. The van der Waals surface area contributed by atoms with Gasteiger partial charge in [-0.15, -0.1) is 0 Å². The second kappa shape index (κ2) is 7.85. The van der Waals surface area contributed by atoms with E-state index in [0.717, 1.165) is 16.7 Å². The smallest absolute Gasteiger partial charge is 0.348 e. The summed E-state index contributed by atoms with van der Waals surface area (Å²) in [6.07, 6.45) is 0. The molecule has 0 aliphatic rings. The maximum atomic E-state index is 13.6. The summed E-state index contributed by atoms with van der Waals surface area (Å²) in [6.45, 7) is 5.53. The van der Waals surface area contributed by atoms with E-state index in [1.54, 1.807) is 55.5 Å². The first-order valence-corrected chi connectivity index (χ1v) is 10.7. The molecule has 6 heteroatoms. The first-order chi connectivity index (χ1) is 16.2. The molecule has 0 spiro atoms. The molecule has 0 fully saturated rings. The van der Waals surface area contributed by atoms with E-state index < -0.39 is 17.2 Å². The predicted octanol–water partition coefficient (Wildman–Crippen LogP) is 5.63. The van der Waals surface area contributed by atoms with Crippen LogP contribution in [0.1, 0.15) is 48.7 Å². The van der Waals surface area contributed by atoms with Crippen LogP contribution >= 0.6 is 0 Å². The third kappa shape index (κ3) is 3.40. The lowest BCUT2D eigenvalue weighted by Crippen LogP contribution is -2.12. The van der Waals surface area contributed by atoms with Gasteiger partial charge in [0.2, 0.25) is 5.78 Å². The second-order valence-electron chi connectivity index (χ2n) is 8.44. The Morgan fingerprint density at radius 1 is 0.765 bits per heavy atom. The number of aromatic hydroxyl groups is 1. The minimum absolute atomic E-state index is 0.0260. The number of fused-ring (bicyclic) bond motifs is 3. The number of hydrogen-bond acceptors (Lipinski definition) is 6. The number of hydrogen-bond donors (Lipinski definition) is 1. The maximum Gasteiger partial charge on any atom is 0.348 e. The molecular formula is C28H20O6. The molecule has 0 radical (unpaired) electrons. The molecule has 5 rings (SSSR count). The number of rotatable bonds is 4. The summed E-state index contributed by atoms with van der Waals surface area (Å²) in [5.41, 5.74) is 2.26. The fraction of sp³-hybridized carbons (Fsp3) is 0.107. The largest absolute Gasteiger partial charge is 0.507 e. The summed E-state index contributed by atoms with van der Waals surface area (Å²) >= 11 is 0. The molecule has 0 aliphatic heterocycles. The van der Waals surface area contributed by atoms with Crippen LogP contribution in [0.4, 0.5) is 0 Å². The van der Waals surface area contributed by atoms with Crippen molar-refractivity contribution in [2.24, 2.45) is 0 Å². The highest BCUT2D eigenvalue weighted by Gasteiger charge is 2.32. The Hall–Kier alpha value is -4.45. The van der Waals surface area contributed by atoms with Gasteiger partial charge in [0.05, 0.1) is 16.5 Å². The highest BCUT2D eigenvalue weighted by atomic mass is 16.4. The fourth-order valence-corrected chi connectivity index (χ4v) is 4.06. The van der Waals surface area contributed by atoms with Crippen molar-refractivity contribution in [3.05, 3.63) is 110 Å². The summed E-state index contributed by atoms with van der Waals surface area (Å²) < 4.78 is 11.5. The Morgan fingerprint density at radius 3 is 2.15 bits per heavy atom. The first-order valence-electron chi connectivity index (χ1n) is 10.7. The monoisotopic (exact) mass is 452 g/mol. The number of phenols is 1. The lowest BCUT2D eigenvalue weighted by Gasteiger charge is -2.06. The van der Waals surface area contributed by atoms with Crippen LogP contribution in [0.5, 0.6) is 5.75 Å². The van der Waals surface area contributed by atoms with E-state index in [1.807, 2.05) is 13.8 Å². The predicted molar refractivity (Wildman–Crippen MR) is 128 cm³/mol. The molecule has 0 bridgehead atoms. The van der Waals surface area contributed by atoms with E-state index in [1.165, 1.54) is 12.1 Å². The van der Waals surface area contributed by atoms with Crippen molar-refractivity contribution < 1.29 is 23.5 Å². The van der Waals surface area contributed by atoms with Gasteiger partial charge in [0.25, 0.3) is 0 Å². The Morgan fingerprint density at radius 2 is 1.41 bits per heavy atom. The second-order valence-corrected chi connectivity index (χ2v) is 8.44. The molecule has 2 aromatic heterocycles. The van der Waals surface area contributed by atoms with E-state index in [-0.39, 0.29) is 39.2 Å². The number of furan rings is 1. The quantitative estimate of drug-likeness (QED) is 0.280. The van der Waals surface area contributed by atoms with E-state index >= 15 is 0 Å². The normalized spacial score (nSPS) is 11.3. The molecule has 0 atom stereocenters. The number of phenolic OH excluding ortho intramolecular Hbond substituents is 1. The van der Waals surface area contributed by atoms with E-state index in [0.29, 0.717) is 10.9 Å². The summed E-state index contributed by atoms with van der Waals surface area (Å²) in [4.78, 5) is 40.3. The van der Waals surface area contributed by atoms with Gasteiger partial charge < -0.3 is 13.9 Å². The van der Waals surface area contributed by atoms with Gasteiger partial charge in [-0.05, 0) is 45.0 Å². The van der Waals surface area contributed by atoms with Crippen molar-refractivity contribution in [3.8, 4) is 5.75 Å². The molecule has 5 aromatic rings. The number of carbonyl (C=O) groups excluding carboxylic acids is 2. The molecule has 168 valence electrons. The molecule has 1 N–H and O–H groups in total. The van der Waals surface area contributed by atoms with Crippen molar-refractivity contribution in [2.45, 2.75) is 20.8 Å². The van der Waals surface area contributed by atoms with Gasteiger partial charge in [-0.1, -0.05) is 53.1 Å². The third-order valence-electron chi connectivity index (χ3n) is 5.84. The Balaban J connectivity index is 1.87. The Kier molecular flexibility index (Phi) is 4.94. The minimum Gasteiger partial charge on any atom is -0.507 e. The van der Waals surface area contributed by atoms with Crippen LogP contribution < -0.4 is 5.63 Å². The number of ketones is 2. The molecular weight excluding hydrogens is 432 g/mol. The van der Waals surface area contributed by atoms with Gasteiger partial charge in [-0.2, -0.15) is 0 Å². The summed E-state index contributed by atoms with van der Waals surface area (Å²) in [5, 5.41) is 10.7. The third-order valence-corrected chi connectivity index (χ3v) is 5.84. The topological polar surface area (TPSA) is 97.7 Å². The van der Waals surface area contributed by atoms with Gasteiger partial charge in [0.15, 0.2) is 17.1 Å². The zero-order valence-electron chi connectivity index (χ0n) is 18.8. The molecule has 34 heavy (non-hydrogen) atoms. The van der Waals surface area contributed by atoms with Crippen molar-refractivity contribution in [1.82, 2.24) is 0 Å². The highest BCUT2D eigenvalue weighted by Crippen LogP contribution is 2.34. The molecule has 0 saturated heterocycles. The average Bonchev–Trinajstić information content (AvgIpc) is 3.22. The highest BCUT2D eigenvalue weighted by molar-refractivity contribution is 6.25. The van der Waals surface area contributed by atoms with Gasteiger partial charge >= 0.3 is 5.63 Å². The minimum atomic E-state index is -0.780. The van der Waals surface area contributed by atoms with Gasteiger partial charge in [0, 0.05) is 5.56 Å². The first kappa shape index (κ1) is 21.4. The van der Waals surface area contributed by atoms with Crippen LogP contribution in [0.3, 0.4) is 0 Å². The number of benzene rings is 3. The lowest BCUT2D eigenvalue weighted by atomic mass is 9.96. The van der Waals surface area contributed by atoms with E-state index in [9.17, 15) is 19.5 Å². The van der Waals surface area contributed by atoms with Crippen LogP contribution in [-0.2, 0) is 0 Å². The standard InChI is InChI=1S/C28H20O6/c1-14-4-8-17(9-5-14)24(30)22-23-26(19-13-16(3)7-11-21(19)33-28(23)32)34-27(22)25(31)18-12-15(2)6-10-20(18)29/h4-13,29H,1-3H3. The number of aryl methyl sites for hydroxylation is 3. The van der Waals surface area contributed by atoms with Crippen molar-refractivity contribution >= 4 is 33.5 Å². The summed E-state index contributed by atoms with van der Waals surface area (Å²) in [5.74, 6) is -1.82. The van der Waals surface area contributed by atoms with Gasteiger partial charge in [-0.25, -0.2) is 4.79 Å². The van der Waals surface area contributed by atoms with Crippen LogP contribution in [0.25, 0.3) is 21.9 Å². The number of carbonyl (C=O) groups is 2.